The third-order valence-corrected chi connectivity index (χ3v) is 4.41. The van der Waals surface area contributed by atoms with Gasteiger partial charge in [-0.2, -0.15) is 0 Å². The summed E-state index contributed by atoms with van der Waals surface area (Å²) < 4.78 is 0. The van der Waals surface area contributed by atoms with Crippen LogP contribution in [-0.2, 0) is 0 Å². The number of rotatable bonds is 4. The number of nitrogens with zero attached hydrogens (tertiary/aromatic N) is 1. The summed E-state index contributed by atoms with van der Waals surface area (Å²) in [5.41, 5.74) is 0.751. The van der Waals surface area contributed by atoms with Crippen LogP contribution in [0.25, 0.3) is 0 Å². The number of aliphatic hydroxyl groups excluding tert-OH is 1. The standard InChI is InChI=1S/C15H20N2O2S/c1-17-8-4-6-13(17)11-16-15(19)14-12(7-10-20-14)5-2-3-9-18/h7,10,13,18H,3-4,6,8-9,11H2,1H3,(H,16,19). The summed E-state index contributed by atoms with van der Waals surface area (Å²) in [7, 11) is 2.10. The number of hydrogen-bond acceptors (Lipinski definition) is 4. The average molecular weight is 292 g/mol. The molecule has 0 saturated carbocycles. The molecule has 2 rings (SSSR count). The third kappa shape index (κ3) is 3.83. The van der Waals surface area contributed by atoms with E-state index in [0.717, 1.165) is 18.5 Å². The van der Waals surface area contributed by atoms with Crippen LogP contribution in [0.2, 0.25) is 0 Å². The van der Waals surface area contributed by atoms with Crippen LogP contribution in [0.3, 0.4) is 0 Å². The van der Waals surface area contributed by atoms with Gasteiger partial charge in [-0.05, 0) is 37.9 Å². The van der Waals surface area contributed by atoms with Crippen LogP contribution in [0.5, 0.6) is 0 Å². The topological polar surface area (TPSA) is 52.6 Å². The maximum absolute atomic E-state index is 12.2. The predicted molar refractivity (Wildman–Crippen MR) is 80.9 cm³/mol. The van der Waals surface area contributed by atoms with E-state index in [9.17, 15) is 4.79 Å². The fraction of sp³-hybridized carbons (Fsp3) is 0.533. The van der Waals surface area contributed by atoms with Gasteiger partial charge in [-0.15, -0.1) is 11.3 Å². The summed E-state index contributed by atoms with van der Waals surface area (Å²) in [4.78, 5) is 15.1. The summed E-state index contributed by atoms with van der Waals surface area (Å²) in [6.07, 6.45) is 2.78. The maximum atomic E-state index is 12.2. The van der Waals surface area contributed by atoms with Gasteiger partial charge in [0.25, 0.3) is 5.91 Å². The lowest BCUT2D eigenvalue weighted by Gasteiger charge is -2.19. The van der Waals surface area contributed by atoms with Gasteiger partial charge in [-0.25, -0.2) is 0 Å². The molecule has 1 aliphatic heterocycles. The Morgan fingerprint density at radius 3 is 3.20 bits per heavy atom. The van der Waals surface area contributed by atoms with Crippen molar-refractivity contribution in [2.24, 2.45) is 0 Å². The number of hydrogen-bond donors (Lipinski definition) is 2. The summed E-state index contributed by atoms with van der Waals surface area (Å²) in [5.74, 6) is 5.75. The fourth-order valence-electron chi connectivity index (χ4n) is 2.33. The van der Waals surface area contributed by atoms with Gasteiger partial charge in [0, 0.05) is 24.6 Å². The Labute approximate surface area is 123 Å². The number of likely N-dealkylation sites (tertiary alicyclic amines) is 1. The second-order valence-electron chi connectivity index (χ2n) is 4.93. The van der Waals surface area contributed by atoms with Crippen LogP contribution >= 0.6 is 11.3 Å². The van der Waals surface area contributed by atoms with E-state index in [1.807, 2.05) is 11.4 Å². The molecule has 108 valence electrons. The minimum absolute atomic E-state index is 0.0476. The molecule has 4 nitrogen and oxygen atoms in total. The SMILES string of the molecule is CN1CCCC1CNC(=O)c1sccc1C#CCCO. The first-order valence-electron chi connectivity index (χ1n) is 6.88. The lowest BCUT2D eigenvalue weighted by Crippen LogP contribution is -2.38. The molecule has 1 amide bonds. The summed E-state index contributed by atoms with van der Waals surface area (Å²) in [5, 5.41) is 13.6. The second-order valence-corrected chi connectivity index (χ2v) is 5.84. The molecular formula is C15H20N2O2S. The smallest absolute Gasteiger partial charge is 0.262 e. The van der Waals surface area contributed by atoms with Crippen molar-refractivity contribution < 1.29 is 9.90 Å². The Morgan fingerprint density at radius 2 is 2.50 bits per heavy atom. The molecule has 1 aromatic heterocycles. The van der Waals surface area contributed by atoms with Crippen LogP contribution in [0.15, 0.2) is 11.4 Å². The monoisotopic (exact) mass is 292 g/mol. The number of thiophene rings is 1. The molecule has 1 saturated heterocycles. The molecule has 0 aliphatic carbocycles. The number of carbonyl (C=O) groups excluding carboxylic acids is 1. The lowest BCUT2D eigenvalue weighted by molar-refractivity contribution is 0.0947. The number of likely N-dealkylation sites (N-methyl/N-ethyl adjacent to an activating group) is 1. The van der Waals surface area contributed by atoms with Gasteiger partial charge in [0.05, 0.1) is 6.61 Å². The van der Waals surface area contributed by atoms with Crippen molar-refractivity contribution in [3.63, 3.8) is 0 Å². The number of aliphatic hydroxyl groups is 1. The number of carbonyl (C=O) groups is 1. The zero-order valence-corrected chi connectivity index (χ0v) is 12.5. The van der Waals surface area contributed by atoms with Crippen molar-refractivity contribution >= 4 is 17.2 Å². The largest absolute Gasteiger partial charge is 0.395 e. The molecule has 20 heavy (non-hydrogen) atoms. The molecule has 2 heterocycles. The Morgan fingerprint density at radius 1 is 1.65 bits per heavy atom. The Balaban J connectivity index is 1.93. The van der Waals surface area contributed by atoms with E-state index in [1.165, 1.54) is 17.8 Å². The highest BCUT2D eigenvalue weighted by Crippen LogP contribution is 2.17. The minimum Gasteiger partial charge on any atom is -0.395 e. The fourth-order valence-corrected chi connectivity index (χ4v) is 3.09. The molecule has 0 radical (unpaired) electrons. The second kappa shape index (κ2) is 7.44. The van der Waals surface area contributed by atoms with Crippen LogP contribution in [-0.4, -0.2) is 48.7 Å². The highest BCUT2D eigenvalue weighted by molar-refractivity contribution is 7.12. The molecule has 5 heteroatoms. The van der Waals surface area contributed by atoms with E-state index in [-0.39, 0.29) is 12.5 Å². The zero-order chi connectivity index (χ0) is 14.4. The number of amides is 1. The van der Waals surface area contributed by atoms with Crippen molar-refractivity contribution in [1.29, 1.82) is 0 Å². The first-order chi connectivity index (χ1) is 9.72. The van der Waals surface area contributed by atoms with Crippen molar-refractivity contribution in [3.8, 4) is 11.8 Å². The summed E-state index contributed by atoms with van der Waals surface area (Å²) in [6.45, 7) is 1.85. The van der Waals surface area contributed by atoms with Gasteiger partial charge in [0.2, 0.25) is 0 Å². The van der Waals surface area contributed by atoms with Crippen molar-refractivity contribution in [2.45, 2.75) is 25.3 Å². The zero-order valence-electron chi connectivity index (χ0n) is 11.7. The Bertz CT molecular complexity index is 515. The Kier molecular flexibility index (Phi) is 5.60. The van der Waals surface area contributed by atoms with Gasteiger partial charge in [-0.3, -0.25) is 4.79 Å². The quantitative estimate of drug-likeness (QED) is 0.823. The van der Waals surface area contributed by atoms with E-state index in [1.54, 1.807) is 0 Å². The van der Waals surface area contributed by atoms with Crippen LogP contribution in [0.4, 0.5) is 0 Å². The van der Waals surface area contributed by atoms with E-state index in [0.29, 0.717) is 23.9 Å². The van der Waals surface area contributed by atoms with E-state index < -0.39 is 0 Å². The van der Waals surface area contributed by atoms with Crippen molar-refractivity contribution in [3.05, 3.63) is 21.9 Å². The molecule has 0 bridgehead atoms. The molecule has 2 N–H and O–H groups in total. The van der Waals surface area contributed by atoms with Crippen LogP contribution < -0.4 is 5.32 Å². The molecule has 0 aromatic carbocycles. The van der Waals surface area contributed by atoms with E-state index in [4.69, 9.17) is 5.11 Å². The third-order valence-electron chi connectivity index (χ3n) is 3.50. The first kappa shape index (κ1) is 15.0. The first-order valence-corrected chi connectivity index (χ1v) is 7.76. The highest BCUT2D eigenvalue weighted by Gasteiger charge is 2.22. The summed E-state index contributed by atoms with van der Waals surface area (Å²) >= 11 is 1.41. The summed E-state index contributed by atoms with van der Waals surface area (Å²) in [6, 6.07) is 2.30. The van der Waals surface area contributed by atoms with Crippen LogP contribution in [0.1, 0.15) is 34.5 Å². The Hall–Kier alpha value is -1.35. The van der Waals surface area contributed by atoms with Crippen LogP contribution in [0, 0.1) is 11.8 Å². The molecule has 1 fully saturated rings. The van der Waals surface area contributed by atoms with Gasteiger partial charge in [-0.1, -0.05) is 11.8 Å². The molecule has 0 spiro atoms. The van der Waals surface area contributed by atoms with Gasteiger partial charge in [0.15, 0.2) is 0 Å². The molecule has 1 aromatic rings. The number of nitrogens with one attached hydrogen (secondary N) is 1. The van der Waals surface area contributed by atoms with Crippen molar-refractivity contribution in [1.82, 2.24) is 10.2 Å². The molecule has 1 unspecified atom stereocenters. The highest BCUT2D eigenvalue weighted by atomic mass is 32.1. The predicted octanol–water partition coefficient (Wildman–Crippen LogP) is 1.31. The van der Waals surface area contributed by atoms with Crippen molar-refractivity contribution in [2.75, 3.05) is 26.7 Å². The minimum atomic E-state index is -0.0476. The van der Waals surface area contributed by atoms with E-state index in [2.05, 4.69) is 29.1 Å². The molecular weight excluding hydrogens is 272 g/mol. The van der Waals surface area contributed by atoms with Gasteiger partial charge in [0.1, 0.15) is 4.88 Å². The molecule has 1 aliphatic rings. The maximum Gasteiger partial charge on any atom is 0.262 e. The molecule has 1 atom stereocenters. The van der Waals surface area contributed by atoms with Gasteiger partial charge >= 0.3 is 0 Å². The van der Waals surface area contributed by atoms with E-state index >= 15 is 0 Å². The lowest BCUT2D eigenvalue weighted by atomic mass is 10.2. The average Bonchev–Trinajstić information content (AvgIpc) is 3.05. The normalized spacial score (nSPS) is 18.6. The van der Waals surface area contributed by atoms with Gasteiger partial charge < -0.3 is 15.3 Å².